The van der Waals surface area contributed by atoms with E-state index in [-0.39, 0.29) is 6.10 Å². The second-order valence-electron chi connectivity index (χ2n) is 6.46. The van der Waals surface area contributed by atoms with Gasteiger partial charge in [0.25, 0.3) is 0 Å². The summed E-state index contributed by atoms with van der Waals surface area (Å²) in [5.74, 6) is 1.77. The number of aromatic nitrogens is 2. The zero-order valence-electron chi connectivity index (χ0n) is 13.8. The van der Waals surface area contributed by atoms with Crippen LogP contribution in [-0.4, -0.2) is 53.3 Å². The van der Waals surface area contributed by atoms with E-state index in [1.54, 1.807) is 11.3 Å². The quantitative estimate of drug-likeness (QED) is 0.791. The van der Waals surface area contributed by atoms with E-state index in [1.165, 1.54) is 11.1 Å². The van der Waals surface area contributed by atoms with Crippen LogP contribution in [0, 0.1) is 0 Å². The predicted molar refractivity (Wildman–Crippen MR) is 98.5 cm³/mol. The van der Waals surface area contributed by atoms with Crippen LogP contribution in [0.4, 0.5) is 5.82 Å². The van der Waals surface area contributed by atoms with Crippen LogP contribution in [-0.2, 0) is 6.54 Å². The molecule has 1 aromatic carbocycles. The molecule has 4 rings (SSSR count). The van der Waals surface area contributed by atoms with Crippen molar-refractivity contribution in [1.29, 1.82) is 0 Å². The summed E-state index contributed by atoms with van der Waals surface area (Å²) in [6.07, 6.45) is -0.258. The average Bonchev–Trinajstić information content (AvgIpc) is 2.95. The highest BCUT2D eigenvalue weighted by Crippen LogP contribution is 2.39. The van der Waals surface area contributed by atoms with E-state index in [4.69, 9.17) is 9.97 Å². The van der Waals surface area contributed by atoms with Crippen molar-refractivity contribution in [2.24, 2.45) is 0 Å². The third-order valence-electron chi connectivity index (χ3n) is 4.17. The number of β-amino-alcohol motifs (C(OH)–C–C–N with tert-alkyl or cyclic N) is 1. The number of aliphatic hydroxyl groups excluding tert-OH is 1. The Morgan fingerprint density at radius 1 is 1.21 bits per heavy atom. The summed E-state index contributed by atoms with van der Waals surface area (Å²) in [5.41, 5.74) is 2.35. The molecule has 0 unspecified atom stereocenters. The van der Waals surface area contributed by atoms with Crippen molar-refractivity contribution in [3.8, 4) is 11.1 Å². The molecule has 0 radical (unpaired) electrons. The smallest absolute Gasteiger partial charge is 0.146 e. The summed E-state index contributed by atoms with van der Waals surface area (Å²) in [5, 5.41) is 13.0. The van der Waals surface area contributed by atoms with E-state index >= 15 is 0 Å². The minimum atomic E-state index is -0.258. The number of thiophene rings is 1. The number of rotatable bonds is 4. The molecule has 0 atom stereocenters. The predicted octanol–water partition coefficient (Wildman–Crippen LogP) is 2.60. The Kier molecular flexibility index (Phi) is 3.96. The number of benzene rings is 1. The molecular formula is C18H20N4OS. The maximum Gasteiger partial charge on any atom is 0.146 e. The van der Waals surface area contributed by atoms with E-state index in [9.17, 15) is 5.11 Å². The van der Waals surface area contributed by atoms with Crippen LogP contribution in [0.1, 0.15) is 5.82 Å². The normalized spacial score (nSPS) is 15.2. The number of nitrogens with zero attached hydrogens (tertiary/aromatic N) is 4. The highest BCUT2D eigenvalue weighted by molar-refractivity contribution is 7.17. The molecular weight excluding hydrogens is 320 g/mol. The summed E-state index contributed by atoms with van der Waals surface area (Å²) in [7, 11) is 4.04. The lowest BCUT2D eigenvalue weighted by Gasteiger charge is -2.37. The molecule has 24 heavy (non-hydrogen) atoms. The van der Waals surface area contributed by atoms with Crippen molar-refractivity contribution >= 4 is 27.4 Å². The van der Waals surface area contributed by atoms with E-state index < -0.39 is 0 Å². The molecule has 0 spiro atoms. The van der Waals surface area contributed by atoms with Gasteiger partial charge in [0.1, 0.15) is 16.5 Å². The Balaban J connectivity index is 1.88. The van der Waals surface area contributed by atoms with Gasteiger partial charge in [0, 0.05) is 24.0 Å². The van der Waals surface area contributed by atoms with E-state index in [0.717, 1.165) is 21.9 Å². The van der Waals surface area contributed by atoms with Crippen LogP contribution < -0.4 is 4.90 Å². The molecule has 6 heteroatoms. The maximum absolute atomic E-state index is 9.71. The molecule has 2 aromatic heterocycles. The molecule has 3 heterocycles. The van der Waals surface area contributed by atoms with Crippen molar-refractivity contribution < 1.29 is 5.11 Å². The standard InChI is InChI=1S/C18H20N4OS/c1-21(2)10-15-19-17(22-8-13(23)9-22)16-14(11-24-18(16)20-15)12-6-4-3-5-7-12/h3-7,11,13,23H,8-10H2,1-2H3. The fourth-order valence-electron chi connectivity index (χ4n) is 3.01. The first-order valence-corrected chi connectivity index (χ1v) is 8.91. The Hall–Kier alpha value is -2.02. The van der Waals surface area contributed by atoms with Gasteiger partial charge in [0.2, 0.25) is 0 Å². The zero-order valence-corrected chi connectivity index (χ0v) is 14.6. The Bertz CT molecular complexity index is 856. The maximum atomic E-state index is 9.71. The second-order valence-corrected chi connectivity index (χ2v) is 7.31. The lowest BCUT2D eigenvalue weighted by molar-refractivity contribution is 0.141. The Morgan fingerprint density at radius 2 is 1.96 bits per heavy atom. The van der Waals surface area contributed by atoms with Crippen LogP contribution in [0.15, 0.2) is 35.7 Å². The SMILES string of the molecule is CN(C)Cc1nc(N2CC(O)C2)c2c(-c3ccccc3)csc2n1. The van der Waals surface area contributed by atoms with Crippen LogP contribution in [0.5, 0.6) is 0 Å². The van der Waals surface area contributed by atoms with Gasteiger partial charge >= 0.3 is 0 Å². The minimum absolute atomic E-state index is 0.258. The summed E-state index contributed by atoms with van der Waals surface area (Å²) < 4.78 is 0. The van der Waals surface area contributed by atoms with Gasteiger partial charge in [0.05, 0.1) is 18.0 Å². The third kappa shape index (κ3) is 2.77. The number of aliphatic hydroxyl groups is 1. The third-order valence-corrected chi connectivity index (χ3v) is 5.04. The van der Waals surface area contributed by atoms with Gasteiger partial charge in [-0.2, -0.15) is 0 Å². The number of hydrogen-bond donors (Lipinski definition) is 1. The van der Waals surface area contributed by atoms with Gasteiger partial charge in [-0.15, -0.1) is 11.3 Å². The molecule has 3 aromatic rings. The highest BCUT2D eigenvalue weighted by atomic mass is 32.1. The molecule has 0 amide bonds. The van der Waals surface area contributed by atoms with E-state index in [1.807, 2.05) is 32.3 Å². The van der Waals surface area contributed by atoms with Crippen LogP contribution >= 0.6 is 11.3 Å². The number of anilines is 1. The molecule has 1 fully saturated rings. The first-order valence-electron chi connectivity index (χ1n) is 8.03. The second kappa shape index (κ2) is 6.12. The van der Waals surface area contributed by atoms with E-state index in [2.05, 4.69) is 27.3 Å². The zero-order chi connectivity index (χ0) is 16.7. The molecule has 0 bridgehead atoms. The average molecular weight is 340 g/mol. The van der Waals surface area contributed by atoms with Crippen molar-refractivity contribution in [2.45, 2.75) is 12.6 Å². The fraction of sp³-hybridized carbons (Fsp3) is 0.333. The summed E-state index contributed by atoms with van der Waals surface area (Å²) in [6.45, 7) is 1.98. The summed E-state index contributed by atoms with van der Waals surface area (Å²) >= 11 is 1.66. The van der Waals surface area contributed by atoms with Crippen molar-refractivity contribution in [1.82, 2.24) is 14.9 Å². The molecule has 1 aliphatic rings. The Morgan fingerprint density at radius 3 is 2.62 bits per heavy atom. The molecule has 0 saturated carbocycles. The highest BCUT2D eigenvalue weighted by Gasteiger charge is 2.29. The van der Waals surface area contributed by atoms with Crippen LogP contribution in [0.2, 0.25) is 0 Å². The van der Waals surface area contributed by atoms with Crippen LogP contribution in [0.25, 0.3) is 21.3 Å². The van der Waals surface area contributed by atoms with Crippen molar-refractivity contribution in [2.75, 3.05) is 32.1 Å². The van der Waals surface area contributed by atoms with Crippen molar-refractivity contribution in [3.63, 3.8) is 0 Å². The van der Waals surface area contributed by atoms with E-state index in [0.29, 0.717) is 19.6 Å². The minimum Gasteiger partial charge on any atom is -0.389 e. The molecule has 1 saturated heterocycles. The van der Waals surface area contributed by atoms with Gasteiger partial charge in [-0.05, 0) is 19.7 Å². The first-order chi connectivity index (χ1) is 11.6. The van der Waals surface area contributed by atoms with Gasteiger partial charge in [-0.3, -0.25) is 0 Å². The lowest BCUT2D eigenvalue weighted by Crippen LogP contribution is -2.51. The number of fused-ring (bicyclic) bond motifs is 1. The Labute approximate surface area is 145 Å². The summed E-state index contributed by atoms with van der Waals surface area (Å²) in [4.78, 5) is 14.8. The topological polar surface area (TPSA) is 52.5 Å². The van der Waals surface area contributed by atoms with Crippen molar-refractivity contribution in [3.05, 3.63) is 41.5 Å². The molecule has 0 aliphatic carbocycles. The molecule has 1 aliphatic heterocycles. The largest absolute Gasteiger partial charge is 0.389 e. The van der Waals surface area contributed by atoms with Gasteiger partial charge < -0.3 is 14.9 Å². The summed E-state index contributed by atoms with van der Waals surface area (Å²) in [6, 6.07) is 10.4. The lowest BCUT2D eigenvalue weighted by atomic mass is 10.0. The molecule has 5 nitrogen and oxygen atoms in total. The fourth-order valence-corrected chi connectivity index (χ4v) is 3.97. The molecule has 1 N–H and O–H groups in total. The van der Waals surface area contributed by atoms with Gasteiger partial charge in [-0.1, -0.05) is 30.3 Å². The van der Waals surface area contributed by atoms with Crippen LogP contribution in [0.3, 0.4) is 0 Å². The van der Waals surface area contributed by atoms with Gasteiger partial charge in [0.15, 0.2) is 0 Å². The monoisotopic (exact) mass is 340 g/mol. The molecule has 124 valence electrons. The number of hydrogen-bond acceptors (Lipinski definition) is 6. The van der Waals surface area contributed by atoms with Gasteiger partial charge in [-0.25, -0.2) is 9.97 Å². The first kappa shape index (κ1) is 15.5.